The van der Waals surface area contributed by atoms with Crippen molar-refractivity contribution in [2.45, 2.75) is 347 Å². The molecule has 0 aromatic heterocycles. The molecule has 3 N–H and O–H groups in total. The lowest BCUT2D eigenvalue weighted by Crippen LogP contribution is -2.45. The maximum absolute atomic E-state index is 12.5. The monoisotopic (exact) mass is 958 g/mol. The van der Waals surface area contributed by atoms with Crippen LogP contribution in [-0.2, 0) is 14.3 Å². The molecular formula is C62H119NO5. The summed E-state index contributed by atoms with van der Waals surface area (Å²) in [7, 11) is 0. The van der Waals surface area contributed by atoms with E-state index in [0.29, 0.717) is 19.4 Å². The van der Waals surface area contributed by atoms with Crippen LogP contribution in [0.2, 0.25) is 0 Å². The van der Waals surface area contributed by atoms with Gasteiger partial charge in [-0.3, -0.25) is 9.59 Å². The third-order valence-electron chi connectivity index (χ3n) is 14.2. The van der Waals surface area contributed by atoms with E-state index < -0.39 is 12.1 Å². The molecule has 0 fully saturated rings. The van der Waals surface area contributed by atoms with Crippen LogP contribution in [0.1, 0.15) is 335 Å². The number of amides is 1. The Hall–Kier alpha value is -1.66. The highest BCUT2D eigenvalue weighted by molar-refractivity contribution is 5.76. The summed E-state index contributed by atoms with van der Waals surface area (Å²) in [6, 6.07) is -0.635. The topological polar surface area (TPSA) is 95.9 Å². The van der Waals surface area contributed by atoms with Gasteiger partial charge in [-0.1, -0.05) is 289 Å². The van der Waals surface area contributed by atoms with Crippen molar-refractivity contribution in [2.75, 3.05) is 13.2 Å². The Bertz CT molecular complexity index is 1060. The lowest BCUT2D eigenvalue weighted by Gasteiger charge is -2.20. The Labute approximate surface area is 424 Å². The number of carbonyl (C=O) groups excluding carboxylic acids is 2. The molecule has 0 aliphatic rings. The van der Waals surface area contributed by atoms with Crippen molar-refractivity contribution in [3.63, 3.8) is 0 Å². The largest absolute Gasteiger partial charge is 0.466 e. The fraction of sp³-hybridized carbons (Fsp3) is 0.903. The van der Waals surface area contributed by atoms with Crippen molar-refractivity contribution >= 4 is 11.9 Å². The molecule has 402 valence electrons. The number of unbranched alkanes of at least 4 members (excludes halogenated alkanes) is 44. The standard InChI is InChI=1S/C62H119NO5/c1-3-5-7-9-11-13-15-17-19-23-27-30-34-38-42-46-50-54-60(65)59(58-64)63-61(66)55-51-47-43-39-35-31-28-24-21-20-22-25-29-33-37-41-45-49-53-57-68-62(67)56-52-48-44-40-36-32-26-18-16-14-12-10-8-6-4-2/h20-21,50,54,59-60,64-65H,3-19,22-49,51-53,55-58H2,1-2H3,(H,63,66)/b21-20-,54-50+. The van der Waals surface area contributed by atoms with Gasteiger partial charge in [0.2, 0.25) is 5.91 Å². The van der Waals surface area contributed by atoms with Gasteiger partial charge in [-0.05, 0) is 57.8 Å². The fourth-order valence-electron chi connectivity index (χ4n) is 9.51. The van der Waals surface area contributed by atoms with Gasteiger partial charge in [-0.15, -0.1) is 0 Å². The summed E-state index contributed by atoms with van der Waals surface area (Å²) < 4.78 is 5.48. The van der Waals surface area contributed by atoms with E-state index in [1.54, 1.807) is 6.08 Å². The number of ether oxygens (including phenoxy) is 1. The number of rotatable bonds is 57. The summed E-state index contributed by atoms with van der Waals surface area (Å²) in [5.74, 6) is -0.0690. The average molecular weight is 959 g/mol. The quantitative estimate of drug-likeness (QED) is 0.0321. The van der Waals surface area contributed by atoms with Gasteiger partial charge < -0.3 is 20.3 Å². The zero-order chi connectivity index (χ0) is 49.3. The van der Waals surface area contributed by atoms with Crippen molar-refractivity contribution < 1.29 is 24.5 Å². The lowest BCUT2D eigenvalue weighted by molar-refractivity contribution is -0.143. The van der Waals surface area contributed by atoms with E-state index in [4.69, 9.17) is 4.74 Å². The second kappa shape index (κ2) is 57.9. The summed E-state index contributed by atoms with van der Waals surface area (Å²) in [6.07, 6.45) is 70.6. The summed E-state index contributed by atoms with van der Waals surface area (Å²) in [6.45, 7) is 4.91. The van der Waals surface area contributed by atoms with Crippen LogP contribution in [0.5, 0.6) is 0 Å². The van der Waals surface area contributed by atoms with Gasteiger partial charge in [0.05, 0.1) is 25.4 Å². The van der Waals surface area contributed by atoms with E-state index >= 15 is 0 Å². The molecule has 2 atom stereocenters. The zero-order valence-electron chi connectivity index (χ0n) is 45.9. The number of allylic oxidation sites excluding steroid dienone is 3. The third kappa shape index (κ3) is 53.7. The van der Waals surface area contributed by atoms with Crippen LogP contribution < -0.4 is 5.32 Å². The van der Waals surface area contributed by atoms with E-state index in [0.717, 1.165) is 51.4 Å². The van der Waals surface area contributed by atoms with Crippen LogP contribution in [-0.4, -0.2) is 47.4 Å². The first-order valence-corrected chi connectivity index (χ1v) is 30.6. The first-order chi connectivity index (χ1) is 33.5. The molecule has 6 nitrogen and oxygen atoms in total. The Kier molecular flexibility index (Phi) is 56.5. The minimum Gasteiger partial charge on any atom is -0.466 e. The Morgan fingerprint density at radius 1 is 0.397 bits per heavy atom. The molecule has 0 rings (SSSR count). The summed E-state index contributed by atoms with van der Waals surface area (Å²) in [5.41, 5.74) is 0. The normalized spacial score (nSPS) is 12.7. The number of aliphatic hydroxyl groups excluding tert-OH is 2. The van der Waals surface area contributed by atoms with E-state index in [1.165, 1.54) is 257 Å². The van der Waals surface area contributed by atoms with Gasteiger partial charge in [0.25, 0.3) is 0 Å². The number of carbonyl (C=O) groups is 2. The molecule has 68 heavy (non-hydrogen) atoms. The van der Waals surface area contributed by atoms with Crippen molar-refractivity contribution in [3.05, 3.63) is 24.3 Å². The molecule has 1 amide bonds. The SMILES string of the molecule is CCCCCCCCCCCCCCCCC/C=C/C(O)C(CO)NC(=O)CCCCCCCCC/C=C\CCCCCCCCCCOC(=O)CCCCCCCCCCCCCCCCC. The van der Waals surface area contributed by atoms with Crippen molar-refractivity contribution in [1.82, 2.24) is 5.32 Å². The van der Waals surface area contributed by atoms with Crippen molar-refractivity contribution in [2.24, 2.45) is 0 Å². The molecule has 0 radical (unpaired) electrons. The number of hydrogen-bond acceptors (Lipinski definition) is 5. The Morgan fingerprint density at radius 3 is 1.04 bits per heavy atom. The first kappa shape index (κ1) is 66.3. The van der Waals surface area contributed by atoms with Crippen molar-refractivity contribution in [1.29, 1.82) is 0 Å². The Balaban J connectivity index is 3.45. The van der Waals surface area contributed by atoms with Gasteiger partial charge in [0, 0.05) is 12.8 Å². The minimum absolute atomic E-state index is 0.00643. The highest BCUT2D eigenvalue weighted by atomic mass is 16.5. The van der Waals surface area contributed by atoms with Crippen LogP contribution in [0.25, 0.3) is 0 Å². The highest BCUT2D eigenvalue weighted by Crippen LogP contribution is 2.17. The molecule has 0 heterocycles. The van der Waals surface area contributed by atoms with E-state index in [9.17, 15) is 19.8 Å². The fourth-order valence-corrected chi connectivity index (χ4v) is 9.51. The van der Waals surface area contributed by atoms with E-state index in [1.807, 2.05) is 6.08 Å². The summed E-state index contributed by atoms with van der Waals surface area (Å²) >= 11 is 0. The molecular weight excluding hydrogens is 839 g/mol. The number of nitrogens with one attached hydrogen (secondary N) is 1. The summed E-state index contributed by atoms with van der Waals surface area (Å²) in [4.78, 5) is 24.5. The van der Waals surface area contributed by atoms with Crippen LogP contribution in [0.15, 0.2) is 24.3 Å². The lowest BCUT2D eigenvalue weighted by atomic mass is 10.0. The molecule has 2 unspecified atom stereocenters. The molecule has 0 saturated heterocycles. The van der Waals surface area contributed by atoms with Gasteiger partial charge in [0.15, 0.2) is 0 Å². The predicted octanol–water partition coefficient (Wildman–Crippen LogP) is 19.0. The number of hydrogen-bond donors (Lipinski definition) is 3. The first-order valence-electron chi connectivity index (χ1n) is 30.6. The zero-order valence-corrected chi connectivity index (χ0v) is 45.9. The second-order valence-corrected chi connectivity index (χ2v) is 21.0. The molecule has 0 spiro atoms. The molecule has 0 saturated carbocycles. The highest BCUT2D eigenvalue weighted by Gasteiger charge is 2.18. The molecule has 0 bridgehead atoms. The predicted molar refractivity (Wildman–Crippen MR) is 296 cm³/mol. The Morgan fingerprint density at radius 2 is 0.691 bits per heavy atom. The van der Waals surface area contributed by atoms with Crippen LogP contribution >= 0.6 is 0 Å². The third-order valence-corrected chi connectivity index (χ3v) is 14.2. The molecule has 0 aromatic carbocycles. The molecule has 0 aliphatic carbocycles. The van der Waals surface area contributed by atoms with Crippen LogP contribution in [0, 0.1) is 0 Å². The second-order valence-electron chi connectivity index (χ2n) is 21.0. The minimum atomic E-state index is -0.850. The average Bonchev–Trinajstić information content (AvgIpc) is 3.34. The number of esters is 1. The molecule has 0 aromatic rings. The molecule has 0 aliphatic heterocycles. The smallest absolute Gasteiger partial charge is 0.305 e. The number of aliphatic hydroxyl groups is 2. The van der Waals surface area contributed by atoms with Crippen LogP contribution in [0.3, 0.4) is 0 Å². The maximum Gasteiger partial charge on any atom is 0.305 e. The van der Waals surface area contributed by atoms with Crippen molar-refractivity contribution in [3.8, 4) is 0 Å². The maximum atomic E-state index is 12.5. The van der Waals surface area contributed by atoms with Gasteiger partial charge in [0.1, 0.15) is 0 Å². The summed E-state index contributed by atoms with van der Waals surface area (Å²) in [5, 5.41) is 23.1. The van der Waals surface area contributed by atoms with E-state index in [2.05, 4.69) is 31.3 Å². The van der Waals surface area contributed by atoms with Gasteiger partial charge in [-0.2, -0.15) is 0 Å². The van der Waals surface area contributed by atoms with E-state index in [-0.39, 0.29) is 18.5 Å². The van der Waals surface area contributed by atoms with Gasteiger partial charge in [-0.25, -0.2) is 0 Å². The van der Waals surface area contributed by atoms with Gasteiger partial charge >= 0.3 is 5.97 Å². The molecule has 6 heteroatoms. The van der Waals surface area contributed by atoms with Crippen LogP contribution in [0.4, 0.5) is 0 Å².